The Labute approximate surface area is 148 Å². The molecule has 1 aliphatic rings. The summed E-state index contributed by atoms with van der Waals surface area (Å²) >= 11 is 0. The highest BCUT2D eigenvalue weighted by atomic mass is 16.4. The lowest BCUT2D eigenvalue weighted by Gasteiger charge is -2.34. The maximum absolute atomic E-state index is 12.4. The van der Waals surface area contributed by atoms with Crippen LogP contribution in [0, 0.1) is 6.92 Å². The van der Waals surface area contributed by atoms with Crippen LogP contribution in [0.3, 0.4) is 0 Å². The van der Waals surface area contributed by atoms with Crippen LogP contribution in [0.15, 0.2) is 28.7 Å². The Bertz CT molecular complexity index is 688. The molecular weight excluding hydrogens is 316 g/mol. The van der Waals surface area contributed by atoms with Crippen molar-refractivity contribution in [1.82, 2.24) is 20.0 Å². The Morgan fingerprint density at radius 1 is 1.08 bits per heavy atom. The molecule has 6 nitrogen and oxygen atoms in total. The van der Waals surface area contributed by atoms with E-state index >= 15 is 0 Å². The zero-order chi connectivity index (χ0) is 17.6. The summed E-state index contributed by atoms with van der Waals surface area (Å²) in [6.07, 6.45) is 2.44. The summed E-state index contributed by atoms with van der Waals surface area (Å²) < 4.78 is 5.42. The number of hydrogen-bond donors (Lipinski definition) is 0. The summed E-state index contributed by atoms with van der Waals surface area (Å²) in [4.78, 5) is 16.6. The molecule has 0 bridgehead atoms. The first kappa shape index (κ1) is 17.6. The molecule has 1 saturated heterocycles. The average Bonchev–Trinajstić information content (AvgIpc) is 3.05. The van der Waals surface area contributed by atoms with Crippen molar-refractivity contribution >= 4 is 5.91 Å². The van der Waals surface area contributed by atoms with Gasteiger partial charge in [0.15, 0.2) is 0 Å². The van der Waals surface area contributed by atoms with Gasteiger partial charge in [0.05, 0.1) is 6.54 Å². The number of carbonyl (C=O) groups excluding carboxylic acids is 1. The molecular formula is C19H26N4O2. The van der Waals surface area contributed by atoms with E-state index in [4.69, 9.17) is 4.42 Å². The second-order valence-electron chi connectivity index (χ2n) is 6.54. The molecule has 1 aliphatic heterocycles. The molecule has 134 valence electrons. The van der Waals surface area contributed by atoms with Crippen molar-refractivity contribution in [2.75, 3.05) is 26.2 Å². The molecule has 0 unspecified atom stereocenters. The molecule has 0 N–H and O–H groups in total. The van der Waals surface area contributed by atoms with Gasteiger partial charge in [0.1, 0.15) is 0 Å². The molecule has 6 heteroatoms. The van der Waals surface area contributed by atoms with Crippen molar-refractivity contribution in [2.24, 2.45) is 0 Å². The normalized spacial score (nSPS) is 15.5. The maximum Gasteiger partial charge on any atom is 0.230 e. The van der Waals surface area contributed by atoms with Crippen LogP contribution in [-0.4, -0.2) is 52.1 Å². The number of aromatic nitrogens is 2. The highest BCUT2D eigenvalue weighted by Crippen LogP contribution is 2.11. The third-order valence-electron chi connectivity index (χ3n) is 4.71. The zero-order valence-electron chi connectivity index (χ0n) is 15.1. The van der Waals surface area contributed by atoms with E-state index in [0.29, 0.717) is 24.7 Å². The van der Waals surface area contributed by atoms with Gasteiger partial charge in [0.25, 0.3) is 0 Å². The van der Waals surface area contributed by atoms with Gasteiger partial charge in [-0.15, -0.1) is 10.2 Å². The van der Waals surface area contributed by atoms with Crippen molar-refractivity contribution in [1.29, 1.82) is 0 Å². The predicted octanol–water partition coefficient (Wildman–Crippen LogP) is 2.22. The average molecular weight is 342 g/mol. The Morgan fingerprint density at radius 2 is 1.76 bits per heavy atom. The molecule has 3 rings (SSSR count). The van der Waals surface area contributed by atoms with E-state index in [1.165, 1.54) is 11.1 Å². The lowest BCUT2D eigenvalue weighted by atomic mass is 10.1. The standard InChI is InChI=1S/C19H26N4O2/c1-3-16-4-6-17(7-5-16)8-9-19(24)23-12-10-22(11-13-23)14-18-21-20-15(2)25-18/h4-7H,3,8-14H2,1-2H3. The van der Waals surface area contributed by atoms with E-state index < -0.39 is 0 Å². The van der Waals surface area contributed by atoms with Crippen LogP contribution in [0.2, 0.25) is 0 Å². The Morgan fingerprint density at radius 3 is 2.36 bits per heavy atom. The number of hydrogen-bond acceptors (Lipinski definition) is 5. The fourth-order valence-corrected chi connectivity index (χ4v) is 3.10. The Kier molecular flexibility index (Phi) is 5.81. The molecule has 1 aromatic carbocycles. The third kappa shape index (κ3) is 4.89. The highest BCUT2D eigenvalue weighted by molar-refractivity contribution is 5.76. The number of piperazine rings is 1. The quantitative estimate of drug-likeness (QED) is 0.805. The summed E-state index contributed by atoms with van der Waals surface area (Å²) in [5.41, 5.74) is 2.57. The molecule has 0 saturated carbocycles. The lowest BCUT2D eigenvalue weighted by molar-refractivity contribution is -0.133. The van der Waals surface area contributed by atoms with Crippen molar-refractivity contribution in [3.05, 3.63) is 47.2 Å². The molecule has 0 aliphatic carbocycles. The minimum absolute atomic E-state index is 0.243. The van der Waals surface area contributed by atoms with Gasteiger partial charge in [0, 0.05) is 39.5 Å². The maximum atomic E-state index is 12.4. The fourth-order valence-electron chi connectivity index (χ4n) is 3.10. The van der Waals surface area contributed by atoms with Gasteiger partial charge < -0.3 is 9.32 Å². The molecule has 2 aromatic rings. The first-order chi connectivity index (χ1) is 12.1. The Balaban J connectivity index is 1.41. The largest absolute Gasteiger partial charge is 0.424 e. The van der Waals surface area contributed by atoms with E-state index in [9.17, 15) is 4.79 Å². The van der Waals surface area contributed by atoms with Crippen LogP contribution < -0.4 is 0 Å². The van der Waals surface area contributed by atoms with Gasteiger partial charge in [-0.3, -0.25) is 9.69 Å². The SMILES string of the molecule is CCc1ccc(CCC(=O)N2CCN(Cc3nnc(C)o3)CC2)cc1. The number of aryl methyl sites for hydroxylation is 3. The molecule has 2 heterocycles. The van der Waals surface area contributed by atoms with E-state index in [0.717, 1.165) is 39.0 Å². The number of rotatable bonds is 6. The summed E-state index contributed by atoms with van der Waals surface area (Å²) in [5.74, 6) is 1.48. The highest BCUT2D eigenvalue weighted by Gasteiger charge is 2.22. The molecule has 1 aromatic heterocycles. The zero-order valence-corrected chi connectivity index (χ0v) is 15.1. The monoisotopic (exact) mass is 342 g/mol. The summed E-state index contributed by atoms with van der Waals surface area (Å²) in [7, 11) is 0. The van der Waals surface area contributed by atoms with Gasteiger partial charge in [-0.05, 0) is 24.0 Å². The van der Waals surface area contributed by atoms with Crippen LogP contribution in [0.4, 0.5) is 0 Å². The number of carbonyl (C=O) groups is 1. The van der Waals surface area contributed by atoms with Crippen molar-refractivity contribution < 1.29 is 9.21 Å². The molecule has 25 heavy (non-hydrogen) atoms. The topological polar surface area (TPSA) is 62.5 Å². The number of nitrogens with zero attached hydrogens (tertiary/aromatic N) is 4. The summed E-state index contributed by atoms with van der Waals surface area (Å²) in [6, 6.07) is 8.57. The second-order valence-corrected chi connectivity index (χ2v) is 6.54. The summed E-state index contributed by atoms with van der Waals surface area (Å²) in [6.45, 7) is 7.82. The smallest absolute Gasteiger partial charge is 0.230 e. The van der Waals surface area contributed by atoms with E-state index in [-0.39, 0.29) is 5.91 Å². The van der Waals surface area contributed by atoms with E-state index in [1.54, 1.807) is 6.92 Å². The first-order valence-corrected chi connectivity index (χ1v) is 9.01. The minimum Gasteiger partial charge on any atom is -0.424 e. The molecule has 0 spiro atoms. The van der Waals surface area contributed by atoms with Gasteiger partial charge in [-0.25, -0.2) is 0 Å². The second kappa shape index (κ2) is 8.25. The molecule has 0 radical (unpaired) electrons. The lowest BCUT2D eigenvalue weighted by Crippen LogP contribution is -2.48. The van der Waals surface area contributed by atoms with Crippen LogP contribution in [0.5, 0.6) is 0 Å². The number of benzene rings is 1. The van der Waals surface area contributed by atoms with Crippen molar-refractivity contribution in [2.45, 2.75) is 39.7 Å². The minimum atomic E-state index is 0.243. The van der Waals surface area contributed by atoms with Gasteiger partial charge in [-0.1, -0.05) is 31.2 Å². The van der Waals surface area contributed by atoms with E-state index in [2.05, 4.69) is 46.3 Å². The van der Waals surface area contributed by atoms with Gasteiger partial charge in [-0.2, -0.15) is 0 Å². The van der Waals surface area contributed by atoms with E-state index in [1.807, 2.05) is 4.90 Å². The fraction of sp³-hybridized carbons (Fsp3) is 0.526. The van der Waals surface area contributed by atoms with Crippen LogP contribution >= 0.6 is 0 Å². The van der Waals surface area contributed by atoms with Gasteiger partial charge >= 0.3 is 0 Å². The van der Waals surface area contributed by atoms with Gasteiger partial charge in [0.2, 0.25) is 17.7 Å². The Hall–Kier alpha value is -2.21. The van der Waals surface area contributed by atoms with Crippen LogP contribution in [0.1, 0.15) is 36.3 Å². The van der Waals surface area contributed by atoms with Crippen molar-refractivity contribution in [3.8, 4) is 0 Å². The number of amides is 1. The molecule has 1 amide bonds. The molecule has 1 fully saturated rings. The first-order valence-electron chi connectivity index (χ1n) is 9.01. The van der Waals surface area contributed by atoms with Crippen molar-refractivity contribution in [3.63, 3.8) is 0 Å². The van der Waals surface area contributed by atoms with Crippen LogP contribution in [-0.2, 0) is 24.2 Å². The molecule has 0 atom stereocenters. The van der Waals surface area contributed by atoms with Crippen LogP contribution in [0.25, 0.3) is 0 Å². The third-order valence-corrected chi connectivity index (χ3v) is 4.71. The summed E-state index contributed by atoms with van der Waals surface area (Å²) in [5, 5.41) is 7.88. The predicted molar refractivity (Wildman–Crippen MR) is 95.0 cm³/mol.